The zero-order valence-corrected chi connectivity index (χ0v) is 8.94. The van der Waals surface area contributed by atoms with E-state index in [1.165, 1.54) is 6.07 Å². The minimum atomic E-state index is -3.16. The van der Waals surface area contributed by atoms with Crippen LogP contribution in [0.2, 0.25) is 5.02 Å². The lowest BCUT2D eigenvalue weighted by atomic mass is 10.1. The SMILES string of the molecule is O=C(c1cc(Cl)cc(Br)c1O)C(F)F. The van der Waals surface area contributed by atoms with Crippen LogP contribution in [0.4, 0.5) is 8.78 Å². The van der Waals surface area contributed by atoms with Crippen LogP contribution in [0.3, 0.4) is 0 Å². The first-order valence-corrected chi connectivity index (χ1v) is 4.61. The van der Waals surface area contributed by atoms with E-state index >= 15 is 0 Å². The summed E-state index contributed by atoms with van der Waals surface area (Å²) in [5, 5.41) is 9.38. The number of alkyl halides is 2. The zero-order valence-electron chi connectivity index (χ0n) is 6.60. The lowest BCUT2D eigenvalue weighted by molar-refractivity contribution is 0.0675. The summed E-state index contributed by atoms with van der Waals surface area (Å²) in [7, 11) is 0. The quantitative estimate of drug-likeness (QED) is 0.847. The number of phenolic OH excluding ortho intramolecular Hbond substituents is 1. The summed E-state index contributed by atoms with van der Waals surface area (Å²) in [5.74, 6) is -1.98. The highest BCUT2D eigenvalue weighted by Gasteiger charge is 2.22. The third kappa shape index (κ3) is 2.22. The molecule has 6 heteroatoms. The molecule has 0 saturated heterocycles. The van der Waals surface area contributed by atoms with Gasteiger partial charge in [0.25, 0.3) is 0 Å². The molecule has 1 rings (SSSR count). The smallest absolute Gasteiger partial charge is 0.300 e. The number of rotatable bonds is 2. The Hall–Kier alpha value is -0.680. The summed E-state index contributed by atoms with van der Waals surface area (Å²) < 4.78 is 24.2. The summed E-state index contributed by atoms with van der Waals surface area (Å²) in [4.78, 5) is 10.9. The van der Waals surface area contributed by atoms with Crippen LogP contribution in [0.5, 0.6) is 5.75 Å². The number of hydrogen-bond acceptors (Lipinski definition) is 2. The number of phenols is 1. The van der Waals surface area contributed by atoms with Gasteiger partial charge in [0.15, 0.2) is 0 Å². The van der Waals surface area contributed by atoms with E-state index in [1.807, 2.05) is 0 Å². The molecule has 0 heterocycles. The van der Waals surface area contributed by atoms with Crippen molar-refractivity contribution >= 4 is 33.3 Å². The fourth-order valence-corrected chi connectivity index (χ4v) is 1.68. The van der Waals surface area contributed by atoms with Crippen LogP contribution in [-0.2, 0) is 0 Å². The molecule has 0 aliphatic carbocycles. The maximum atomic E-state index is 12.0. The van der Waals surface area contributed by atoms with Gasteiger partial charge in [-0.3, -0.25) is 4.79 Å². The van der Waals surface area contributed by atoms with Gasteiger partial charge in [0.05, 0.1) is 10.0 Å². The maximum absolute atomic E-state index is 12.0. The predicted molar refractivity (Wildman–Crippen MR) is 51.2 cm³/mol. The Labute approximate surface area is 91.6 Å². The second-order valence-corrected chi connectivity index (χ2v) is 3.74. The summed E-state index contributed by atoms with van der Waals surface area (Å²) >= 11 is 8.42. The van der Waals surface area contributed by atoms with Crippen LogP contribution in [0, 0.1) is 0 Å². The van der Waals surface area contributed by atoms with E-state index in [1.54, 1.807) is 0 Å². The molecule has 0 saturated carbocycles. The van der Waals surface area contributed by atoms with Gasteiger partial charge in [0, 0.05) is 5.02 Å². The highest BCUT2D eigenvalue weighted by atomic mass is 79.9. The van der Waals surface area contributed by atoms with Crippen LogP contribution in [0.25, 0.3) is 0 Å². The molecule has 0 unspecified atom stereocenters. The molecule has 76 valence electrons. The molecule has 0 spiro atoms. The number of Topliss-reactive ketones (excluding diaryl/α,β-unsaturated/α-hetero) is 1. The van der Waals surface area contributed by atoms with Gasteiger partial charge in [-0.1, -0.05) is 11.6 Å². The van der Waals surface area contributed by atoms with Gasteiger partial charge in [-0.15, -0.1) is 0 Å². The van der Waals surface area contributed by atoms with E-state index in [0.717, 1.165) is 6.07 Å². The van der Waals surface area contributed by atoms with Crippen molar-refractivity contribution in [3.8, 4) is 5.75 Å². The van der Waals surface area contributed by atoms with E-state index in [0.29, 0.717) is 0 Å². The fourth-order valence-electron chi connectivity index (χ4n) is 0.871. The van der Waals surface area contributed by atoms with Crippen LogP contribution in [0.15, 0.2) is 16.6 Å². The molecule has 2 nitrogen and oxygen atoms in total. The second-order valence-electron chi connectivity index (χ2n) is 2.45. The highest BCUT2D eigenvalue weighted by Crippen LogP contribution is 2.32. The molecule has 0 radical (unpaired) electrons. The Kier molecular flexibility index (Phi) is 3.44. The van der Waals surface area contributed by atoms with Gasteiger partial charge in [-0.2, -0.15) is 0 Å². The minimum Gasteiger partial charge on any atom is -0.506 e. The minimum absolute atomic E-state index is 0.0960. The van der Waals surface area contributed by atoms with E-state index < -0.39 is 23.5 Å². The van der Waals surface area contributed by atoms with Crippen molar-refractivity contribution in [1.29, 1.82) is 0 Å². The molecule has 0 aromatic heterocycles. The molecule has 0 fully saturated rings. The number of benzene rings is 1. The molecule has 1 aromatic carbocycles. The Balaban J connectivity index is 3.27. The van der Waals surface area contributed by atoms with Gasteiger partial charge < -0.3 is 5.11 Å². The monoisotopic (exact) mass is 284 g/mol. The molecule has 0 bridgehead atoms. The van der Waals surface area contributed by atoms with Crippen LogP contribution in [-0.4, -0.2) is 17.3 Å². The molecule has 0 atom stereocenters. The van der Waals surface area contributed by atoms with Crippen molar-refractivity contribution in [2.24, 2.45) is 0 Å². The van der Waals surface area contributed by atoms with Crippen molar-refractivity contribution < 1.29 is 18.7 Å². The first-order valence-electron chi connectivity index (χ1n) is 3.44. The van der Waals surface area contributed by atoms with Crippen molar-refractivity contribution in [2.45, 2.75) is 6.43 Å². The number of hydrogen-bond donors (Lipinski definition) is 1. The van der Waals surface area contributed by atoms with Crippen LogP contribution >= 0.6 is 27.5 Å². The topological polar surface area (TPSA) is 37.3 Å². The zero-order chi connectivity index (χ0) is 10.9. The van der Waals surface area contributed by atoms with Gasteiger partial charge >= 0.3 is 6.43 Å². The Bertz CT molecular complexity index is 382. The third-order valence-corrected chi connectivity index (χ3v) is 2.31. The molecule has 0 aliphatic rings. The van der Waals surface area contributed by atoms with Crippen LogP contribution in [0.1, 0.15) is 10.4 Å². The number of ketones is 1. The molecule has 0 aliphatic heterocycles. The highest BCUT2D eigenvalue weighted by molar-refractivity contribution is 9.10. The summed E-state index contributed by atoms with van der Waals surface area (Å²) in [5.41, 5.74) is -0.487. The first kappa shape index (κ1) is 11.4. The Morgan fingerprint density at radius 2 is 2.07 bits per heavy atom. The lowest BCUT2D eigenvalue weighted by Crippen LogP contribution is -2.10. The van der Waals surface area contributed by atoms with E-state index in [2.05, 4.69) is 15.9 Å². The number of carbonyl (C=O) groups excluding carboxylic acids is 1. The predicted octanol–water partition coefficient (Wildman–Crippen LogP) is 3.26. The standard InChI is InChI=1S/C8H4BrClF2O2/c9-5-2-3(10)1-4(6(5)13)7(14)8(11)12/h1-2,8,13H. The van der Waals surface area contributed by atoms with Gasteiger partial charge in [-0.05, 0) is 28.1 Å². The number of halogens is 4. The first-order chi connectivity index (χ1) is 6.43. The normalized spacial score (nSPS) is 10.6. The number of aromatic hydroxyl groups is 1. The summed E-state index contributed by atoms with van der Waals surface area (Å²) in [6, 6.07) is 2.30. The van der Waals surface area contributed by atoms with Gasteiger partial charge in [0.1, 0.15) is 5.75 Å². The van der Waals surface area contributed by atoms with E-state index in [4.69, 9.17) is 11.6 Å². The van der Waals surface area contributed by atoms with E-state index in [9.17, 15) is 18.7 Å². The third-order valence-electron chi connectivity index (χ3n) is 1.49. The average molecular weight is 285 g/mol. The van der Waals surface area contributed by atoms with Crippen molar-refractivity contribution in [3.05, 3.63) is 27.2 Å². The molecular formula is C8H4BrClF2O2. The molecule has 1 aromatic rings. The van der Waals surface area contributed by atoms with E-state index in [-0.39, 0.29) is 9.50 Å². The second kappa shape index (κ2) is 4.23. The van der Waals surface area contributed by atoms with Crippen molar-refractivity contribution in [2.75, 3.05) is 0 Å². The largest absolute Gasteiger partial charge is 0.506 e. The molecular weight excluding hydrogens is 281 g/mol. The average Bonchev–Trinajstić information content (AvgIpc) is 2.09. The number of carbonyl (C=O) groups is 1. The molecule has 14 heavy (non-hydrogen) atoms. The Morgan fingerprint density at radius 1 is 1.50 bits per heavy atom. The Morgan fingerprint density at radius 3 is 2.57 bits per heavy atom. The van der Waals surface area contributed by atoms with Gasteiger partial charge in [0.2, 0.25) is 5.78 Å². The fraction of sp³-hybridized carbons (Fsp3) is 0.125. The van der Waals surface area contributed by atoms with Crippen molar-refractivity contribution in [1.82, 2.24) is 0 Å². The van der Waals surface area contributed by atoms with Gasteiger partial charge in [-0.25, -0.2) is 8.78 Å². The summed E-state index contributed by atoms with van der Waals surface area (Å²) in [6.45, 7) is 0. The summed E-state index contributed by atoms with van der Waals surface area (Å²) in [6.07, 6.45) is -3.16. The molecule has 1 N–H and O–H groups in total. The molecule has 0 amide bonds. The van der Waals surface area contributed by atoms with Crippen molar-refractivity contribution in [3.63, 3.8) is 0 Å². The maximum Gasteiger partial charge on any atom is 0.300 e. The van der Waals surface area contributed by atoms with Crippen LogP contribution < -0.4 is 0 Å². The lowest BCUT2D eigenvalue weighted by Gasteiger charge is -2.05.